The minimum atomic E-state index is -4.43. The number of fused-ring (bicyclic) bond motifs is 2. The van der Waals surface area contributed by atoms with Crippen LogP contribution in [0.5, 0.6) is 0 Å². The Bertz CT molecular complexity index is 561. The van der Waals surface area contributed by atoms with Gasteiger partial charge in [0, 0.05) is 17.3 Å². The number of aromatic nitrogens is 1. The summed E-state index contributed by atoms with van der Waals surface area (Å²) in [5.41, 5.74) is 5.31. The highest BCUT2D eigenvalue weighted by Gasteiger charge is 2.40. The van der Waals surface area contributed by atoms with Crippen molar-refractivity contribution in [3.63, 3.8) is 0 Å². The Balaban J connectivity index is 1.55. The van der Waals surface area contributed by atoms with Gasteiger partial charge in [0.05, 0.1) is 6.54 Å². The first-order chi connectivity index (χ1) is 10.8. The topological polar surface area (TPSA) is 68.0 Å². The lowest BCUT2D eigenvalue weighted by Gasteiger charge is -2.43. The summed E-state index contributed by atoms with van der Waals surface area (Å²) in [6.07, 6.45) is 0.461. The third-order valence-electron chi connectivity index (χ3n) is 5.04. The second-order valence-electron chi connectivity index (χ2n) is 6.54. The highest BCUT2D eigenvalue weighted by Crippen LogP contribution is 2.41. The van der Waals surface area contributed by atoms with Gasteiger partial charge in [0.25, 0.3) is 0 Å². The summed E-state index contributed by atoms with van der Waals surface area (Å²) in [5, 5.41) is 3.99. The van der Waals surface area contributed by atoms with Gasteiger partial charge in [-0.1, -0.05) is 6.42 Å². The van der Waals surface area contributed by atoms with Crippen LogP contribution in [0.25, 0.3) is 0 Å². The van der Waals surface area contributed by atoms with Gasteiger partial charge in [0.2, 0.25) is 5.91 Å². The molecule has 23 heavy (non-hydrogen) atoms. The number of nitrogens with one attached hydrogen (secondary N) is 1. The van der Waals surface area contributed by atoms with Gasteiger partial charge in [-0.2, -0.15) is 13.2 Å². The number of nitrogens with two attached hydrogens (primary N) is 1. The van der Waals surface area contributed by atoms with E-state index in [1.54, 1.807) is 0 Å². The van der Waals surface area contributed by atoms with Crippen molar-refractivity contribution in [2.75, 3.05) is 0 Å². The predicted molar refractivity (Wildman–Crippen MR) is 80.5 cm³/mol. The normalized spacial score (nSPS) is 31.0. The van der Waals surface area contributed by atoms with E-state index in [2.05, 4.69) is 10.3 Å². The van der Waals surface area contributed by atoms with Gasteiger partial charge in [-0.05, 0) is 37.5 Å². The summed E-state index contributed by atoms with van der Waals surface area (Å²) in [6, 6.07) is 0.195. The molecule has 1 heterocycles. The zero-order valence-corrected chi connectivity index (χ0v) is 13.4. The third-order valence-corrected chi connectivity index (χ3v) is 5.89. The molecule has 128 valence electrons. The maximum absolute atomic E-state index is 12.5. The van der Waals surface area contributed by atoms with Crippen molar-refractivity contribution in [2.45, 2.75) is 50.9 Å². The monoisotopic (exact) mass is 347 g/mol. The van der Waals surface area contributed by atoms with E-state index in [1.807, 2.05) is 0 Å². The first-order valence-electron chi connectivity index (χ1n) is 7.89. The number of rotatable bonds is 3. The lowest BCUT2D eigenvalue weighted by molar-refractivity contribution is -0.140. The third kappa shape index (κ3) is 3.68. The average Bonchev–Trinajstić information content (AvgIpc) is 2.93. The maximum Gasteiger partial charge on any atom is 0.434 e. The first-order valence-corrected chi connectivity index (χ1v) is 8.77. The Morgan fingerprint density at radius 2 is 2.00 bits per heavy atom. The highest BCUT2D eigenvalue weighted by molar-refractivity contribution is 7.09. The van der Waals surface area contributed by atoms with Crippen LogP contribution in [0, 0.1) is 17.8 Å². The molecule has 0 saturated heterocycles. The van der Waals surface area contributed by atoms with Crippen LogP contribution in [0.1, 0.15) is 42.8 Å². The molecule has 8 heteroatoms. The highest BCUT2D eigenvalue weighted by atomic mass is 32.1. The second-order valence-corrected chi connectivity index (χ2v) is 7.48. The zero-order chi connectivity index (χ0) is 16.6. The van der Waals surface area contributed by atoms with E-state index in [-0.39, 0.29) is 29.4 Å². The fourth-order valence-corrected chi connectivity index (χ4v) is 4.57. The molecule has 2 fully saturated rings. The number of halogens is 3. The van der Waals surface area contributed by atoms with Crippen LogP contribution < -0.4 is 11.1 Å². The van der Waals surface area contributed by atoms with E-state index in [0.29, 0.717) is 11.8 Å². The molecule has 2 saturated carbocycles. The molecule has 2 unspecified atom stereocenters. The van der Waals surface area contributed by atoms with Gasteiger partial charge in [-0.15, -0.1) is 11.3 Å². The first kappa shape index (κ1) is 16.7. The molecule has 2 atom stereocenters. The standard InChI is InChI=1S/C15H20F3N3OS/c16-15(17,18)11-7-23-12(21-11)6-20-14(22)10-4-8-2-1-3-9(5-10)13(8)19/h7-10,13H,1-6,19H2,(H,20,22). The fraction of sp³-hybridized carbons (Fsp3) is 0.733. The summed E-state index contributed by atoms with van der Waals surface area (Å²) in [5.74, 6) is 0.634. The summed E-state index contributed by atoms with van der Waals surface area (Å²) < 4.78 is 37.5. The van der Waals surface area contributed by atoms with E-state index >= 15 is 0 Å². The van der Waals surface area contributed by atoms with Crippen molar-refractivity contribution in [1.29, 1.82) is 0 Å². The molecule has 1 amide bonds. The quantitative estimate of drug-likeness (QED) is 0.883. The molecule has 4 nitrogen and oxygen atoms in total. The van der Waals surface area contributed by atoms with E-state index in [1.165, 1.54) is 6.42 Å². The summed E-state index contributed by atoms with van der Waals surface area (Å²) in [7, 11) is 0. The molecule has 1 aromatic rings. The van der Waals surface area contributed by atoms with E-state index in [4.69, 9.17) is 5.73 Å². The van der Waals surface area contributed by atoms with Crippen LogP contribution in [0.2, 0.25) is 0 Å². The molecule has 0 radical (unpaired) electrons. The summed E-state index contributed by atoms with van der Waals surface area (Å²) in [6.45, 7) is 0.0530. The second kappa shape index (κ2) is 6.39. The largest absolute Gasteiger partial charge is 0.434 e. The van der Waals surface area contributed by atoms with Gasteiger partial charge < -0.3 is 11.1 Å². The molecule has 1 aromatic heterocycles. The van der Waals surface area contributed by atoms with Gasteiger partial charge in [-0.3, -0.25) is 4.79 Å². The SMILES string of the molecule is NC1C2CCCC1CC(C(=O)NCc1nc(C(F)(F)F)cs1)C2. The molecular formula is C15H20F3N3OS. The molecule has 3 N–H and O–H groups in total. The van der Waals surface area contributed by atoms with Gasteiger partial charge in [0.15, 0.2) is 5.69 Å². The minimum absolute atomic E-state index is 0.0530. The number of carbonyl (C=O) groups excluding carboxylic acids is 1. The van der Waals surface area contributed by atoms with Gasteiger partial charge >= 0.3 is 6.18 Å². The van der Waals surface area contributed by atoms with Crippen molar-refractivity contribution in [1.82, 2.24) is 10.3 Å². The zero-order valence-electron chi connectivity index (χ0n) is 12.6. The number of hydrogen-bond donors (Lipinski definition) is 2. The number of nitrogens with zero attached hydrogens (tertiary/aromatic N) is 1. The van der Waals surface area contributed by atoms with E-state index in [0.717, 1.165) is 42.4 Å². The maximum atomic E-state index is 12.5. The van der Waals surface area contributed by atoms with E-state index < -0.39 is 11.9 Å². The van der Waals surface area contributed by atoms with Gasteiger partial charge in [0.1, 0.15) is 5.01 Å². The van der Waals surface area contributed by atoms with Crippen LogP contribution in [0.3, 0.4) is 0 Å². The Morgan fingerprint density at radius 1 is 1.35 bits per heavy atom. The number of amides is 1. The molecule has 2 bridgehead atoms. The van der Waals surface area contributed by atoms with Crippen molar-refractivity contribution in [3.8, 4) is 0 Å². The van der Waals surface area contributed by atoms with Crippen LogP contribution in [0.15, 0.2) is 5.38 Å². The molecule has 2 aliphatic carbocycles. The molecule has 2 aliphatic rings. The molecule has 0 aliphatic heterocycles. The number of thiazole rings is 1. The van der Waals surface area contributed by atoms with Crippen LogP contribution in [-0.2, 0) is 17.5 Å². The van der Waals surface area contributed by atoms with Crippen LogP contribution in [-0.4, -0.2) is 16.9 Å². The lowest BCUT2D eigenvalue weighted by atomic mass is 9.65. The number of hydrogen-bond acceptors (Lipinski definition) is 4. The summed E-state index contributed by atoms with van der Waals surface area (Å²) in [4.78, 5) is 15.8. The Morgan fingerprint density at radius 3 is 2.57 bits per heavy atom. The Kier molecular flexibility index (Phi) is 4.64. The molecule has 0 spiro atoms. The van der Waals surface area contributed by atoms with Crippen molar-refractivity contribution in [2.24, 2.45) is 23.5 Å². The minimum Gasteiger partial charge on any atom is -0.349 e. The predicted octanol–water partition coefficient (Wildman–Crippen LogP) is 2.93. The fourth-order valence-electron chi connectivity index (χ4n) is 3.83. The molecule has 3 rings (SSSR count). The average molecular weight is 347 g/mol. The van der Waals surface area contributed by atoms with Gasteiger partial charge in [-0.25, -0.2) is 4.98 Å². The van der Waals surface area contributed by atoms with E-state index in [9.17, 15) is 18.0 Å². The van der Waals surface area contributed by atoms with Crippen LogP contribution >= 0.6 is 11.3 Å². The van der Waals surface area contributed by atoms with Crippen LogP contribution in [0.4, 0.5) is 13.2 Å². The molecular weight excluding hydrogens is 327 g/mol. The Labute approximate surface area is 136 Å². The van der Waals surface area contributed by atoms with Crippen molar-refractivity contribution >= 4 is 17.2 Å². The molecule has 0 aromatic carbocycles. The number of carbonyl (C=O) groups is 1. The summed E-state index contributed by atoms with van der Waals surface area (Å²) >= 11 is 0.916. The smallest absolute Gasteiger partial charge is 0.349 e. The number of alkyl halides is 3. The van der Waals surface area contributed by atoms with Crippen molar-refractivity contribution < 1.29 is 18.0 Å². The van der Waals surface area contributed by atoms with Crippen molar-refractivity contribution in [3.05, 3.63) is 16.1 Å². The lowest BCUT2D eigenvalue weighted by Crippen LogP contribution is -2.49. The Hall–Kier alpha value is -1.15.